The zero-order chi connectivity index (χ0) is 27.9. The number of fused-ring (bicyclic) bond motifs is 1. The number of nitrogens with zero attached hydrogens (tertiary/aromatic N) is 4. The molecule has 1 fully saturated rings. The number of benzene rings is 3. The molecule has 1 aliphatic heterocycles. The van der Waals surface area contributed by atoms with Crippen molar-refractivity contribution in [2.45, 2.75) is 38.5 Å². The van der Waals surface area contributed by atoms with Gasteiger partial charge in [-0.2, -0.15) is 0 Å². The van der Waals surface area contributed by atoms with Crippen LogP contribution in [-0.4, -0.2) is 59.8 Å². The molecule has 0 spiro atoms. The van der Waals surface area contributed by atoms with E-state index in [0.717, 1.165) is 18.4 Å². The van der Waals surface area contributed by atoms with Crippen molar-refractivity contribution in [1.29, 1.82) is 0 Å². The summed E-state index contributed by atoms with van der Waals surface area (Å²) in [6.07, 6.45) is 1.78. The highest BCUT2D eigenvalue weighted by molar-refractivity contribution is 6.02. The lowest BCUT2D eigenvalue weighted by molar-refractivity contribution is -0.127. The Hall–Kier alpha value is -4.44. The van der Waals surface area contributed by atoms with Crippen LogP contribution in [0.4, 0.5) is 5.69 Å². The SMILES string of the molecule is CCOc1ccc([C@@H](C(=O)NC[C@H]2CCCO2)N(C(=O)Cn2nnc3ccccc32)c2ccccc2OC)cc1. The zero-order valence-corrected chi connectivity index (χ0v) is 22.7. The number of ether oxygens (including phenoxy) is 3. The Morgan fingerprint density at radius 1 is 1.10 bits per heavy atom. The molecule has 1 saturated heterocycles. The molecule has 40 heavy (non-hydrogen) atoms. The third-order valence-corrected chi connectivity index (χ3v) is 6.86. The van der Waals surface area contributed by atoms with Crippen LogP contribution < -0.4 is 19.7 Å². The smallest absolute Gasteiger partial charge is 0.249 e. The summed E-state index contributed by atoms with van der Waals surface area (Å²) in [5.74, 6) is 0.449. The first-order valence-corrected chi connectivity index (χ1v) is 13.4. The molecule has 1 aliphatic rings. The first kappa shape index (κ1) is 27.1. The van der Waals surface area contributed by atoms with Crippen LogP contribution in [0.5, 0.6) is 11.5 Å². The van der Waals surface area contributed by atoms with E-state index >= 15 is 0 Å². The molecule has 3 aromatic carbocycles. The number of aromatic nitrogens is 3. The molecule has 4 aromatic rings. The molecule has 2 atom stereocenters. The van der Waals surface area contributed by atoms with Gasteiger partial charge in [-0.05, 0) is 61.7 Å². The van der Waals surface area contributed by atoms with Crippen LogP contribution in [0.25, 0.3) is 11.0 Å². The van der Waals surface area contributed by atoms with Gasteiger partial charge in [-0.15, -0.1) is 5.10 Å². The highest BCUT2D eigenvalue weighted by atomic mass is 16.5. The van der Waals surface area contributed by atoms with Crippen LogP contribution in [0.15, 0.2) is 72.8 Å². The Balaban J connectivity index is 1.56. The fourth-order valence-corrected chi connectivity index (χ4v) is 4.93. The first-order chi connectivity index (χ1) is 19.6. The van der Waals surface area contributed by atoms with Gasteiger partial charge in [-0.25, -0.2) is 4.68 Å². The van der Waals surface area contributed by atoms with E-state index in [1.165, 1.54) is 12.0 Å². The molecular formula is C30H33N5O5. The van der Waals surface area contributed by atoms with Crippen molar-refractivity contribution in [2.24, 2.45) is 0 Å². The summed E-state index contributed by atoms with van der Waals surface area (Å²) >= 11 is 0. The minimum Gasteiger partial charge on any atom is -0.495 e. The van der Waals surface area contributed by atoms with Crippen molar-refractivity contribution >= 4 is 28.5 Å². The Labute approximate surface area is 232 Å². The fraction of sp³-hybridized carbons (Fsp3) is 0.333. The zero-order valence-electron chi connectivity index (χ0n) is 22.7. The molecular weight excluding hydrogens is 510 g/mol. The van der Waals surface area contributed by atoms with Gasteiger partial charge in [0.2, 0.25) is 11.8 Å². The fourth-order valence-electron chi connectivity index (χ4n) is 4.93. The number of para-hydroxylation sites is 3. The van der Waals surface area contributed by atoms with Crippen molar-refractivity contribution in [3.63, 3.8) is 0 Å². The minimum atomic E-state index is -1.00. The number of carbonyl (C=O) groups excluding carboxylic acids is 2. The number of carbonyl (C=O) groups is 2. The second-order valence-electron chi connectivity index (χ2n) is 9.46. The van der Waals surface area contributed by atoms with Crippen molar-refractivity contribution in [1.82, 2.24) is 20.3 Å². The van der Waals surface area contributed by atoms with Crippen LogP contribution in [-0.2, 0) is 20.9 Å². The van der Waals surface area contributed by atoms with E-state index in [9.17, 15) is 9.59 Å². The van der Waals surface area contributed by atoms with Crippen LogP contribution in [0.2, 0.25) is 0 Å². The van der Waals surface area contributed by atoms with Gasteiger partial charge in [0.1, 0.15) is 29.6 Å². The molecule has 2 heterocycles. The van der Waals surface area contributed by atoms with Gasteiger partial charge in [-0.1, -0.05) is 41.6 Å². The molecule has 208 valence electrons. The number of rotatable bonds is 11. The standard InChI is InChI=1S/C30H33N5O5/c1-3-39-22-16-14-21(15-17-22)29(30(37)31-19-23-9-8-18-40-23)35(26-12-6-7-13-27(26)38-2)28(36)20-34-25-11-5-4-10-24(25)32-33-34/h4-7,10-17,23,29H,3,8-9,18-20H2,1-2H3,(H,31,37)/t23-,29+/m1/s1. The third kappa shape index (κ3) is 5.91. The number of methoxy groups -OCH3 is 1. The summed E-state index contributed by atoms with van der Waals surface area (Å²) in [4.78, 5) is 29.7. The summed E-state index contributed by atoms with van der Waals surface area (Å²) in [5.41, 5.74) is 2.48. The molecule has 10 nitrogen and oxygen atoms in total. The average Bonchev–Trinajstić information content (AvgIpc) is 3.66. The Morgan fingerprint density at radius 2 is 1.88 bits per heavy atom. The van der Waals surface area contributed by atoms with Crippen molar-refractivity contribution < 1.29 is 23.8 Å². The quantitative estimate of drug-likeness (QED) is 0.306. The van der Waals surface area contributed by atoms with E-state index in [1.54, 1.807) is 28.9 Å². The molecule has 0 radical (unpaired) electrons. The maximum absolute atomic E-state index is 14.2. The second-order valence-corrected chi connectivity index (χ2v) is 9.46. The molecule has 1 N–H and O–H groups in total. The molecule has 1 aromatic heterocycles. The molecule has 0 bridgehead atoms. The number of amides is 2. The number of nitrogens with one attached hydrogen (secondary N) is 1. The first-order valence-electron chi connectivity index (χ1n) is 13.4. The van der Waals surface area contributed by atoms with Crippen LogP contribution >= 0.6 is 0 Å². The number of hydrogen-bond acceptors (Lipinski definition) is 7. The molecule has 0 saturated carbocycles. The summed E-state index contributed by atoms with van der Waals surface area (Å²) in [7, 11) is 1.54. The summed E-state index contributed by atoms with van der Waals surface area (Å²) < 4.78 is 18.5. The largest absolute Gasteiger partial charge is 0.495 e. The molecule has 0 unspecified atom stereocenters. The van der Waals surface area contributed by atoms with Crippen molar-refractivity contribution in [3.8, 4) is 11.5 Å². The van der Waals surface area contributed by atoms with Gasteiger partial charge in [0.15, 0.2) is 0 Å². The summed E-state index contributed by atoms with van der Waals surface area (Å²) in [5, 5.41) is 11.4. The van der Waals surface area contributed by atoms with E-state index in [4.69, 9.17) is 14.2 Å². The summed E-state index contributed by atoms with van der Waals surface area (Å²) in [6, 6.07) is 20.8. The maximum Gasteiger partial charge on any atom is 0.249 e. The van der Waals surface area contributed by atoms with Gasteiger partial charge in [0.25, 0.3) is 0 Å². The van der Waals surface area contributed by atoms with Crippen molar-refractivity contribution in [2.75, 3.05) is 31.8 Å². The summed E-state index contributed by atoms with van der Waals surface area (Å²) in [6.45, 7) is 3.33. The molecule has 0 aliphatic carbocycles. The van der Waals surface area contributed by atoms with E-state index in [-0.39, 0.29) is 24.5 Å². The van der Waals surface area contributed by atoms with Crippen LogP contribution in [0.1, 0.15) is 31.4 Å². The highest BCUT2D eigenvalue weighted by Crippen LogP contribution is 2.36. The van der Waals surface area contributed by atoms with Crippen LogP contribution in [0, 0.1) is 0 Å². The predicted molar refractivity (Wildman–Crippen MR) is 150 cm³/mol. The van der Waals surface area contributed by atoms with Gasteiger partial charge in [-0.3, -0.25) is 14.5 Å². The lowest BCUT2D eigenvalue weighted by atomic mass is 10.0. The van der Waals surface area contributed by atoms with E-state index < -0.39 is 6.04 Å². The third-order valence-electron chi connectivity index (χ3n) is 6.86. The normalized spacial score (nSPS) is 15.5. The lowest BCUT2D eigenvalue weighted by Crippen LogP contribution is -2.46. The topological polar surface area (TPSA) is 108 Å². The average molecular weight is 544 g/mol. The number of hydrogen-bond donors (Lipinski definition) is 1. The Kier molecular flexibility index (Phi) is 8.56. The van der Waals surface area contributed by atoms with Crippen molar-refractivity contribution in [3.05, 3.63) is 78.4 Å². The maximum atomic E-state index is 14.2. The second kappa shape index (κ2) is 12.6. The van der Waals surface area contributed by atoms with Gasteiger partial charge in [0.05, 0.1) is 31.0 Å². The highest BCUT2D eigenvalue weighted by Gasteiger charge is 2.35. The van der Waals surface area contributed by atoms with Gasteiger partial charge >= 0.3 is 0 Å². The monoisotopic (exact) mass is 543 g/mol. The Bertz CT molecular complexity index is 1450. The van der Waals surface area contributed by atoms with Crippen LogP contribution in [0.3, 0.4) is 0 Å². The molecule has 5 rings (SSSR count). The lowest BCUT2D eigenvalue weighted by Gasteiger charge is -2.32. The van der Waals surface area contributed by atoms with E-state index in [1.807, 2.05) is 55.5 Å². The minimum absolute atomic E-state index is 0.0538. The predicted octanol–water partition coefficient (Wildman–Crippen LogP) is 3.91. The van der Waals surface area contributed by atoms with Gasteiger partial charge in [0, 0.05) is 13.2 Å². The van der Waals surface area contributed by atoms with E-state index in [2.05, 4.69) is 15.6 Å². The molecule has 2 amide bonds. The number of anilines is 1. The van der Waals surface area contributed by atoms with Gasteiger partial charge < -0.3 is 19.5 Å². The Morgan fingerprint density at radius 3 is 2.62 bits per heavy atom. The molecule has 10 heteroatoms. The van der Waals surface area contributed by atoms with E-state index in [0.29, 0.717) is 48.0 Å².